The molecule has 1 aromatic carbocycles. The van der Waals surface area contributed by atoms with Gasteiger partial charge < -0.3 is 9.79 Å². The van der Waals surface area contributed by atoms with E-state index < -0.39 is 13.4 Å². The van der Waals surface area contributed by atoms with Gasteiger partial charge in [-0.1, -0.05) is 134 Å². The molecule has 5 heteroatoms. The smallest absolute Gasteiger partial charge is 0.323 e. The van der Waals surface area contributed by atoms with Crippen molar-refractivity contribution >= 4 is 7.60 Å². The van der Waals surface area contributed by atoms with Gasteiger partial charge in [0.25, 0.3) is 0 Å². The molecule has 0 aliphatic rings. The van der Waals surface area contributed by atoms with E-state index in [1.165, 1.54) is 89.9 Å². The minimum atomic E-state index is -4.20. The van der Waals surface area contributed by atoms with E-state index >= 15 is 0 Å². The first kappa shape index (κ1) is 27.4. The Balaban J connectivity index is 1.92. The highest BCUT2D eigenvalue weighted by molar-refractivity contribution is 7.52. The van der Waals surface area contributed by atoms with E-state index in [2.05, 4.69) is 12.2 Å². The van der Waals surface area contributed by atoms with Gasteiger partial charge in [0.05, 0.1) is 0 Å². The van der Waals surface area contributed by atoms with Crippen LogP contribution in [0.2, 0.25) is 0 Å². The molecule has 4 nitrogen and oxygen atoms in total. The molecule has 0 saturated carbocycles. The van der Waals surface area contributed by atoms with Gasteiger partial charge in [0.15, 0.2) is 0 Å². The van der Waals surface area contributed by atoms with E-state index in [4.69, 9.17) is 0 Å². The van der Waals surface area contributed by atoms with E-state index in [0.29, 0.717) is 12.1 Å². The molecule has 0 fully saturated rings. The maximum atomic E-state index is 11.8. The quantitative estimate of drug-likeness (QED) is 0.144. The molecule has 3 N–H and O–H groups in total. The highest BCUT2D eigenvalue weighted by Crippen LogP contribution is 2.49. The van der Waals surface area contributed by atoms with Crippen molar-refractivity contribution in [2.45, 2.75) is 115 Å². The molecular weight excluding hydrogens is 393 g/mol. The molecule has 0 amide bonds. The molecular formula is C25H46NO3P. The SMILES string of the molecule is CCCCCCCCCCCCCCCCCCNC(c1ccccc1)P(=O)(O)O. The summed E-state index contributed by atoms with van der Waals surface area (Å²) in [4.78, 5) is 19.2. The van der Waals surface area contributed by atoms with E-state index in [9.17, 15) is 14.4 Å². The molecule has 0 bridgehead atoms. The molecule has 1 atom stereocenters. The fourth-order valence-corrected chi connectivity index (χ4v) is 4.91. The third-order valence-corrected chi connectivity index (χ3v) is 6.97. The Hall–Kier alpha value is -0.670. The summed E-state index contributed by atoms with van der Waals surface area (Å²) < 4.78 is 11.8. The lowest BCUT2D eigenvalue weighted by Crippen LogP contribution is -2.22. The van der Waals surface area contributed by atoms with Crippen molar-refractivity contribution in [3.8, 4) is 0 Å². The van der Waals surface area contributed by atoms with Crippen LogP contribution < -0.4 is 5.32 Å². The molecule has 0 aliphatic carbocycles. The summed E-state index contributed by atoms with van der Waals surface area (Å²) in [6, 6.07) is 9.02. The van der Waals surface area contributed by atoms with Crippen molar-refractivity contribution in [3.63, 3.8) is 0 Å². The standard InChI is InChI=1S/C25H46NO3P/c1-2-3-4-5-6-7-8-9-10-11-12-13-14-15-16-20-23-26-25(30(27,28)29)24-21-18-17-19-22-24/h17-19,21-22,25-26H,2-16,20,23H2,1H3,(H2,27,28,29). The zero-order valence-electron chi connectivity index (χ0n) is 19.2. The maximum absolute atomic E-state index is 11.8. The first-order valence-corrected chi connectivity index (χ1v) is 14.1. The Labute approximate surface area is 185 Å². The van der Waals surface area contributed by atoms with Crippen LogP contribution in [0.1, 0.15) is 121 Å². The van der Waals surface area contributed by atoms with Crippen LogP contribution in [0.15, 0.2) is 30.3 Å². The summed E-state index contributed by atoms with van der Waals surface area (Å²) in [5.41, 5.74) is 0.655. The fourth-order valence-electron chi connectivity index (χ4n) is 3.98. The molecule has 0 heterocycles. The lowest BCUT2D eigenvalue weighted by Gasteiger charge is -2.20. The Morgan fingerprint density at radius 1 is 0.700 bits per heavy atom. The highest BCUT2D eigenvalue weighted by atomic mass is 31.2. The van der Waals surface area contributed by atoms with Gasteiger partial charge in [-0.3, -0.25) is 9.88 Å². The third kappa shape index (κ3) is 14.4. The first-order chi connectivity index (χ1) is 14.6. The minimum absolute atomic E-state index is 0.642. The summed E-state index contributed by atoms with van der Waals surface area (Å²) in [5.74, 6) is -0.893. The number of rotatable bonds is 20. The molecule has 0 spiro atoms. The summed E-state index contributed by atoms with van der Waals surface area (Å²) >= 11 is 0. The van der Waals surface area contributed by atoms with Crippen LogP contribution in [0.25, 0.3) is 0 Å². The Kier molecular flexibility index (Phi) is 16.4. The van der Waals surface area contributed by atoms with Crippen LogP contribution in [-0.4, -0.2) is 16.3 Å². The van der Waals surface area contributed by atoms with Crippen LogP contribution in [0.4, 0.5) is 0 Å². The van der Waals surface area contributed by atoms with E-state index in [-0.39, 0.29) is 0 Å². The number of hydrogen-bond donors (Lipinski definition) is 3. The largest absolute Gasteiger partial charge is 0.346 e. The van der Waals surface area contributed by atoms with E-state index in [0.717, 1.165) is 12.8 Å². The molecule has 0 saturated heterocycles. The molecule has 0 radical (unpaired) electrons. The molecule has 30 heavy (non-hydrogen) atoms. The van der Waals surface area contributed by atoms with Gasteiger partial charge in [-0.15, -0.1) is 0 Å². The van der Waals surface area contributed by atoms with E-state index in [1.54, 1.807) is 12.1 Å². The van der Waals surface area contributed by atoms with Gasteiger partial charge in [0.1, 0.15) is 5.78 Å². The lowest BCUT2D eigenvalue weighted by molar-refractivity contribution is 0.347. The Morgan fingerprint density at radius 2 is 1.10 bits per heavy atom. The minimum Gasteiger partial charge on any atom is -0.323 e. The monoisotopic (exact) mass is 439 g/mol. The average Bonchev–Trinajstić information content (AvgIpc) is 2.72. The molecule has 174 valence electrons. The van der Waals surface area contributed by atoms with Crippen molar-refractivity contribution < 1.29 is 14.4 Å². The molecule has 1 aromatic rings. The highest BCUT2D eigenvalue weighted by Gasteiger charge is 2.29. The fraction of sp³-hybridized carbons (Fsp3) is 0.760. The topological polar surface area (TPSA) is 69.6 Å². The van der Waals surface area contributed by atoms with Crippen molar-refractivity contribution in [3.05, 3.63) is 35.9 Å². The van der Waals surface area contributed by atoms with Crippen molar-refractivity contribution in [1.29, 1.82) is 0 Å². The summed E-state index contributed by atoms with van der Waals surface area (Å²) in [7, 11) is -4.20. The van der Waals surface area contributed by atoms with Crippen LogP contribution in [0.5, 0.6) is 0 Å². The lowest BCUT2D eigenvalue weighted by atomic mass is 10.0. The molecule has 1 rings (SSSR count). The second kappa shape index (κ2) is 18.0. The summed E-state index contributed by atoms with van der Waals surface area (Å²) in [6.07, 6.45) is 21.3. The Bertz CT molecular complexity index is 547. The van der Waals surface area contributed by atoms with Crippen molar-refractivity contribution in [1.82, 2.24) is 5.32 Å². The van der Waals surface area contributed by atoms with Gasteiger partial charge in [-0.2, -0.15) is 0 Å². The molecule has 0 aromatic heterocycles. The van der Waals surface area contributed by atoms with Crippen LogP contribution in [0.3, 0.4) is 0 Å². The molecule has 0 aliphatic heterocycles. The van der Waals surface area contributed by atoms with Crippen molar-refractivity contribution in [2.75, 3.05) is 6.54 Å². The van der Waals surface area contributed by atoms with Crippen LogP contribution in [0, 0.1) is 0 Å². The van der Waals surface area contributed by atoms with Gasteiger partial charge in [-0.05, 0) is 18.5 Å². The normalized spacial score (nSPS) is 12.9. The summed E-state index contributed by atoms with van der Waals surface area (Å²) in [5, 5.41) is 3.06. The van der Waals surface area contributed by atoms with E-state index in [1.807, 2.05) is 18.2 Å². The number of unbranched alkanes of at least 4 members (excludes halogenated alkanes) is 15. The van der Waals surface area contributed by atoms with Gasteiger partial charge in [-0.25, -0.2) is 0 Å². The van der Waals surface area contributed by atoms with Gasteiger partial charge in [0.2, 0.25) is 0 Å². The zero-order chi connectivity index (χ0) is 21.9. The molecule has 1 unspecified atom stereocenters. The third-order valence-electron chi connectivity index (χ3n) is 5.82. The predicted octanol–water partition coefficient (Wildman–Crippen LogP) is 7.71. The van der Waals surface area contributed by atoms with Crippen molar-refractivity contribution in [2.24, 2.45) is 0 Å². The van der Waals surface area contributed by atoms with Crippen LogP contribution in [-0.2, 0) is 4.57 Å². The number of benzene rings is 1. The van der Waals surface area contributed by atoms with Gasteiger partial charge >= 0.3 is 7.60 Å². The maximum Gasteiger partial charge on any atom is 0.346 e. The average molecular weight is 440 g/mol. The first-order valence-electron chi connectivity index (χ1n) is 12.4. The van der Waals surface area contributed by atoms with Crippen LogP contribution >= 0.6 is 7.60 Å². The zero-order valence-corrected chi connectivity index (χ0v) is 20.1. The second-order valence-electron chi connectivity index (χ2n) is 8.66. The number of nitrogens with one attached hydrogen (secondary N) is 1. The summed E-state index contributed by atoms with van der Waals surface area (Å²) in [6.45, 7) is 2.91. The van der Waals surface area contributed by atoms with Gasteiger partial charge in [0, 0.05) is 0 Å². The Morgan fingerprint density at radius 3 is 1.50 bits per heavy atom. The number of hydrogen-bond acceptors (Lipinski definition) is 2. The second-order valence-corrected chi connectivity index (χ2v) is 10.4. The predicted molar refractivity (Wildman–Crippen MR) is 129 cm³/mol.